The molecule has 0 fully saturated rings. The quantitative estimate of drug-likeness (QED) is 0.738. The maximum Gasteiger partial charge on any atom is 0.220 e. The van der Waals surface area contributed by atoms with Gasteiger partial charge in [0.25, 0.3) is 0 Å². The number of fused-ring (bicyclic) bond motifs is 1. The number of rotatable bonds is 2. The molecular weight excluding hydrogens is 348 g/mol. The van der Waals surface area contributed by atoms with E-state index in [0.717, 1.165) is 5.56 Å². The molecule has 3 aromatic rings. The van der Waals surface area contributed by atoms with Crippen LogP contribution in [-0.4, -0.2) is 15.8 Å². The molecule has 2 N–H and O–H groups in total. The summed E-state index contributed by atoms with van der Waals surface area (Å²) in [6.07, 6.45) is 0.690. The minimum atomic E-state index is -0.457. The Morgan fingerprint density at radius 3 is 2.59 bits per heavy atom. The van der Waals surface area contributed by atoms with Crippen molar-refractivity contribution in [1.29, 1.82) is 0 Å². The summed E-state index contributed by atoms with van der Waals surface area (Å²) in [6.45, 7) is 1.73. The Morgan fingerprint density at radius 1 is 1.04 bits per heavy atom. The first kappa shape index (κ1) is 17.3. The predicted molar refractivity (Wildman–Crippen MR) is 98.4 cm³/mol. The van der Waals surface area contributed by atoms with E-state index in [1.807, 2.05) is 0 Å². The molecule has 27 heavy (non-hydrogen) atoms. The van der Waals surface area contributed by atoms with Crippen molar-refractivity contribution in [1.82, 2.24) is 9.97 Å². The van der Waals surface area contributed by atoms with Gasteiger partial charge in [0.2, 0.25) is 5.95 Å². The summed E-state index contributed by atoms with van der Waals surface area (Å²) in [7, 11) is 0. The molecule has 1 aliphatic carbocycles. The molecule has 0 aliphatic heterocycles. The normalized spacial score (nSPS) is 16.3. The maximum absolute atomic E-state index is 14.3. The fraction of sp³-hybridized carbons (Fsp3) is 0.190. The van der Waals surface area contributed by atoms with E-state index >= 15 is 0 Å². The Labute approximate surface area is 155 Å². The van der Waals surface area contributed by atoms with Gasteiger partial charge in [0, 0.05) is 12.0 Å². The van der Waals surface area contributed by atoms with Gasteiger partial charge in [0.05, 0.1) is 17.0 Å². The zero-order valence-corrected chi connectivity index (χ0v) is 14.7. The van der Waals surface area contributed by atoms with Crippen molar-refractivity contribution >= 4 is 11.7 Å². The molecule has 2 aromatic carbocycles. The van der Waals surface area contributed by atoms with Crippen LogP contribution >= 0.6 is 0 Å². The molecule has 0 saturated carbocycles. The summed E-state index contributed by atoms with van der Waals surface area (Å²) < 4.78 is 28.3. The first-order valence-electron chi connectivity index (χ1n) is 8.64. The zero-order chi connectivity index (χ0) is 19.1. The van der Waals surface area contributed by atoms with Crippen LogP contribution < -0.4 is 5.73 Å². The Morgan fingerprint density at radius 2 is 1.81 bits per heavy atom. The minimum absolute atomic E-state index is 0.0810. The number of nitrogens with two attached hydrogens (primary N) is 1. The molecule has 1 atom stereocenters. The van der Waals surface area contributed by atoms with E-state index in [-0.39, 0.29) is 24.1 Å². The summed E-state index contributed by atoms with van der Waals surface area (Å²) >= 11 is 0. The van der Waals surface area contributed by atoms with Crippen molar-refractivity contribution in [3.05, 3.63) is 76.6 Å². The highest BCUT2D eigenvalue weighted by molar-refractivity contribution is 6.00. The van der Waals surface area contributed by atoms with Crippen LogP contribution in [0.15, 0.2) is 42.5 Å². The van der Waals surface area contributed by atoms with Gasteiger partial charge in [-0.2, -0.15) is 0 Å². The van der Waals surface area contributed by atoms with Crippen LogP contribution in [0.4, 0.5) is 14.7 Å². The van der Waals surface area contributed by atoms with E-state index in [1.165, 1.54) is 18.2 Å². The number of halogens is 2. The fourth-order valence-corrected chi connectivity index (χ4v) is 3.81. The highest BCUT2D eigenvalue weighted by Gasteiger charge is 2.31. The molecule has 136 valence electrons. The maximum atomic E-state index is 14.3. The second-order valence-corrected chi connectivity index (χ2v) is 6.73. The van der Waals surface area contributed by atoms with Crippen LogP contribution in [0.1, 0.15) is 39.6 Å². The van der Waals surface area contributed by atoms with E-state index in [0.29, 0.717) is 34.5 Å². The second kappa shape index (κ2) is 6.54. The second-order valence-electron chi connectivity index (χ2n) is 6.73. The third-order valence-electron chi connectivity index (χ3n) is 4.95. The van der Waals surface area contributed by atoms with Gasteiger partial charge in [0.1, 0.15) is 11.6 Å². The SMILES string of the molecule is Cc1nc(N)nc2c1C(=O)CC(c1ccc(F)cc1-c1ccccc1F)C2. The highest BCUT2D eigenvalue weighted by atomic mass is 19.1. The lowest BCUT2D eigenvalue weighted by atomic mass is 9.78. The number of aryl methyl sites for hydroxylation is 1. The smallest absolute Gasteiger partial charge is 0.220 e. The largest absolute Gasteiger partial charge is 0.368 e. The average molecular weight is 365 g/mol. The number of nitrogens with zero attached hydrogens (tertiary/aromatic N) is 2. The van der Waals surface area contributed by atoms with Gasteiger partial charge in [-0.25, -0.2) is 18.7 Å². The standard InChI is InChI=1S/C21H17F2N3O/c1-11-20-18(26-21(24)25-11)8-12(9-19(20)27)14-7-6-13(22)10-16(14)15-4-2-3-5-17(15)23/h2-7,10,12H,8-9H2,1H3,(H2,24,25,26). The number of aromatic nitrogens is 2. The number of nitrogen functional groups attached to an aromatic ring is 1. The fourth-order valence-electron chi connectivity index (χ4n) is 3.81. The number of Topliss-reactive ketones (excluding diaryl/α,β-unsaturated/α-hetero) is 1. The van der Waals surface area contributed by atoms with Crippen molar-refractivity contribution in [3.8, 4) is 11.1 Å². The Bertz CT molecular complexity index is 1070. The number of ketones is 1. The van der Waals surface area contributed by atoms with Gasteiger partial charge in [-0.3, -0.25) is 4.79 Å². The van der Waals surface area contributed by atoms with Gasteiger partial charge < -0.3 is 5.73 Å². The summed E-state index contributed by atoms with van der Waals surface area (Å²) in [6, 6.07) is 10.5. The van der Waals surface area contributed by atoms with Crippen LogP contribution in [0.2, 0.25) is 0 Å². The third kappa shape index (κ3) is 3.07. The highest BCUT2D eigenvalue weighted by Crippen LogP contribution is 2.38. The van der Waals surface area contributed by atoms with Crippen molar-refractivity contribution < 1.29 is 13.6 Å². The molecule has 0 saturated heterocycles. The number of hydrogen-bond donors (Lipinski definition) is 1. The molecule has 1 aliphatic rings. The average Bonchev–Trinajstić information content (AvgIpc) is 2.61. The van der Waals surface area contributed by atoms with E-state index in [1.54, 1.807) is 31.2 Å². The summed E-state index contributed by atoms with van der Waals surface area (Å²) in [5, 5.41) is 0. The molecule has 4 rings (SSSR count). The molecule has 0 bridgehead atoms. The summed E-state index contributed by atoms with van der Waals surface area (Å²) in [5.41, 5.74) is 8.88. The van der Waals surface area contributed by atoms with E-state index in [9.17, 15) is 13.6 Å². The van der Waals surface area contributed by atoms with Crippen molar-refractivity contribution in [2.75, 3.05) is 5.73 Å². The number of benzene rings is 2. The monoisotopic (exact) mass is 365 g/mol. The lowest BCUT2D eigenvalue weighted by Crippen LogP contribution is -2.23. The molecule has 1 unspecified atom stereocenters. The predicted octanol–water partition coefficient (Wildman–Crippen LogP) is 4.23. The van der Waals surface area contributed by atoms with Gasteiger partial charge in [-0.15, -0.1) is 0 Å². The van der Waals surface area contributed by atoms with E-state index < -0.39 is 11.6 Å². The van der Waals surface area contributed by atoms with Crippen LogP contribution in [0.5, 0.6) is 0 Å². The van der Waals surface area contributed by atoms with Gasteiger partial charge in [-0.1, -0.05) is 24.3 Å². The Balaban J connectivity index is 1.83. The van der Waals surface area contributed by atoms with Crippen LogP contribution in [0.3, 0.4) is 0 Å². The number of anilines is 1. The molecule has 1 heterocycles. The summed E-state index contributed by atoms with van der Waals surface area (Å²) in [5.74, 6) is -1.10. The molecule has 0 radical (unpaired) electrons. The molecule has 0 spiro atoms. The van der Waals surface area contributed by atoms with Gasteiger partial charge in [0.15, 0.2) is 5.78 Å². The van der Waals surface area contributed by atoms with Gasteiger partial charge in [-0.05, 0) is 48.6 Å². The van der Waals surface area contributed by atoms with E-state index in [4.69, 9.17) is 5.73 Å². The minimum Gasteiger partial charge on any atom is -0.368 e. The number of carbonyl (C=O) groups is 1. The lowest BCUT2D eigenvalue weighted by Gasteiger charge is -2.26. The Kier molecular flexibility index (Phi) is 4.18. The van der Waals surface area contributed by atoms with Crippen molar-refractivity contribution in [3.63, 3.8) is 0 Å². The number of carbonyl (C=O) groups excluding carboxylic acids is 1. The van der Waals surface area contributed by atoms with Crippen molar-refractivity contribution in [2.24, 2.45) is 0 Å². The topological polar surface area (TPSA) is 68.9 Å². The third-order valence-corrected chi connectivity index (χ3v) is 4.95. The number of hydrogen-bond acceptors (Lipinski definition) is 4. The molecule has 6 heteroatoms. The zero-order valence-electron chi connectivity index (χ0n) is 14.7. The van der Waals surface area contributed by atoms with Gasteiger partial charge >= 0.3 is 0 Å². The van der Waals surface area contributed by atoms with Crippen LogP contribution in [-0.2, 0) is 6.42 Å². The Hall–Kier alpha value is -3.15. The lowest BCUT2D eigenvalue weighted by molar-refractivity contribution is 0.0962. The van der Waals surface area contributed by atoms with E-state index in [2.05, 4.69) is 9.97 Å². The molecule has 1 aromatic heterocycles. The van der Waals surface area contributed by atoms with Crippen LogP contribution in [0.25, 0.3) is 11.1 Å². The summed E-state index contributed by atoms with van der Waals surface area (Å²) in [4.78, 5) is 21.0. The first-order chi connectivity index (χ1) is 12.9. The van der Waals surface area contributed by atoms with Crippen LogP contribution in [0, 0.1) is 18.6 Å². The molecule has 4 nitrogen and oxygen atoms in total. The first-order valence-corrected chi connectivity index (χ1v) is 8.64. The molecular formula is C21H17F2N3O. The molecule has 0 amide bonds. The van der Waals surface area contributed by atoms with Crippen molar-refractivity contribution in [2.45, 2.75) is 25.7 Å².